The number of nitrogens with zero attached hydrogens (tertiary/aromatic N) is 3. The summed E-state index contributed by atoms with van der Waals surface area (Å²) in [6.07, 6.45) is 3.46. The van der Waals surface area contributed by atoms with Crippen LogP contribution in [0.2, 0.25) is 0 Å². The summed E-state index contributed by atoms with van der Waals surface area (Å²) in [5.74, 6) is -0.0932. The molecule has 0 radical (unpaired) electrons. The standard InChI is InChI=1S/C16H16N4O3S.H2O.H2/c1-23-10-15(21)18-16-17-14-7-6-12(9-20(14)19-16)11-4-3-5-13(8-11)24(2)22;;/h3-9H,10H2,1-2H3,(H,18,19,21);1H2;1H. The van der Waals surface area contributed by atoms with Crippen molar-refractivity contribution in [1.82, 2.24) is 14.6 Å². The molecule has 1 atom stereocenters. The van der Waals surface area contributed by atoms with Crippen molar-refractivity contribution in [3.8, 4) is 11.1 Å². The van der Waals surface area contributed by atoms with E-state index in [0.29, 0.717) is 5.65 Å². The van der Waals surface area contributed by atoms with E-state index in [4.69, 9.17) is 4.74 Å². The number of ether oxygens (including phenoxy) is 1. The molecule has 1 aromatic carbocycles. The second-order valence-electron chi connectivity index (χ2n) is 5.12. The van der Waals surface area contributed by atoms with Crippen LogP contribution in [0.15, 0.2) is 47.5 Å². The highest BCUT2D eigenvalue weighted by molar-refractivity contribution is 7.84. The monoisotopic (exact) mass is 364 g/mol. The molecule has 8 nitrogen and oxygen atoms in total. The number of aromatic nitrogens is 3. The maximum absolute atomic E-state index is 11.6. The largest absolute Gasteiger partial charge is 0.412 e. The van der Waals surface area contributed by atoms with Crippen molar-refractivity contribution < 1.29 is 20.6 Å². The van der Waals surface area contributed by atoms with Crippen LogP contribution < -0.4 is 5.32 Å². The van der Waals surface area contributed by atoms with Crippen LogP contribution in [-0.4, -0.2) is 50.2 Å². The number of nitrogens with one attached hydrogen (secondary N) is 1. The third-order valence-corrected chi connectivity index (χ3v) is 4.27. The van der Waals surface area contributed by atoms with Gasteiger partial charge in [0.25, 0.3) is 5.91 Å². The summed E-state index contributed by atoms with van der Waals surface area (Å²) in [5.41, 5.74) is 2.46. The van der Waals surface area contributed by atoms with E-state index in [9.17, 15) is 9.00 Å². The first-order chi connectivity index (χ1) is 11.6. The maximum atomic E-state index is 11.6. The molecule has 0 aliphatic carbocycles. The molecule has 3 aromatic rings. The van der Waals surface area contributed by atoms with Crippen molar-refractivity contribution in [2.24, 2.45) is 0 Å². The summed E-state index contributed by atoms with van der Waals surface area (Å²) in [5, 5.41) is 6.81. The van der Waals surface area contributed by atoms with Crippen LogP contribution in [0.3, 0.4) is 0 Å². The molecule has 2 aromatic heterocycles. The van der Waals surface area contributed by atoms with E-state index in [1.807, 2.05) is 42.6 Å². The van der Waals surface area contributed by atoms with Gasteiger partial charge in [0.15, 0.2) is 5.65 Å². The Labute approximate surface area is 148 Å². The van der Waals surface area contributed by atoms with Crippen molar-refractivity contribution in [1.29, 1.82) is 0 Å². The van der Waals surface area contributed by atoms with E-state index in [1.54, 1.807) is 10.8 Å². The lowest BCUT2D eigenvalue weighted by Gasteiger charge is -2.04. The predicted molar refractivity (Wildman–Crippen MR) is 97.0 cm³/mol. The number of fused-ring (bicyclic) bond motifs is 1. The van der Waals surface area contributed by atoms with Gasteiger partial charge < -0.3 is 10.2 Å². The van der Waals surface area contributed by atoms with Gasteiger partial charge in [0, 0.05) is 42.2 Å². The van der Waals surface area contributed by atoms with Gasteiger partial charge in [-0.2, -0.15) is 4.98 Å². The van der Waals surface area contributed by atoms with E-state index in [2.05, 4.69) is 15.4 Å². The zero-order valence-corrected chi connectivity index (χ0v) is 14.5. The Hall–Kier alpha value is -2.62. The molecule has 0 fully saturated rings. The minimum atomic E-state index is -1.04. The highest BCUT2D eigenvalue weighted by atomic mass is 32.2. The zero-order chi connectivity index (χ0) is 17.1. The Bertz CT molecular complexity index is 932. The molecular formula is C16H20N4O4S. The van der Waals surface area contributed by atoms with Crippen molar-refractivity contribution in [3.05, 3.63) is 42.6 Å². The molecule has 3 N–H and O–H groups in total. The van der Waals surface area contributed by atoms with Crippen LogP contribution >= 0.6 is 0 Å². The van der Waals surface area contributed by atoms with Crippen molar-refractivity contribution in [3.63, 3.8) is 0 Å². The molecule has 1 amide bonds. The number of rotatable bonds is 5. The fourth-order valence-corrected chi connectivity index (χ4v) is 2.82. The average molecular weight is 364 g/mol. The van der Waals surface area contributed by atoms with Crippen LogP contribution in [0, 0.1) is 0 Å². The van der Waals surface area contributed by atoms with Crippen LogP contribution in [0.5, 0.6) is 0 Å². The van der Waals surface area contributed by atoms with Gasteiger partial charge in [-0.15, -0.1) is 5.10 Å². The fourth-order valence-electron chi connectivity index (χ4n) is 2.25. The summed E-state index contributed by atoms with van der Waals surface area (Å²) in [4.78, 5) is 16.5. The molecule has 0 bridgehead atoms. The number of hydrogen-bond donors (Lipinski definition) is 1. The number of amides is 1. The van der Waals surface area contributed by atoms with E-state index >= 15 is 0 Å². The minimum absolute atomic E-state index is 0. The van der Waals surface area contributed by atoms with Gasteiger partial charge in [-0.05, 0) is 29.8 Å². The smallest absolute Gasteiger partial charge is 0.252 e. The lowest BCUT2D eigenvalue weighted by atomic mass is 10.1. The molecule has 1 unspecified atom stereocenters. The number of benzene rings is 1. The summed E-state index contributed by atoms with van der Waals surface area (Å²) < 4.78 is 18.0. The molecule has 3 rings (SSSR count). The third kappa shape index (κ3) is 4.27. The Kier molecular flexibility index (Phi) is 5.97. The van der Waals surface area contributed by atoms with Gasteiger partial charge in [0.1, 0.15) is 6.61 Å². The Morgan fingerprint density at radius 3 is 2.84 bits per heavy atom. The summed E-state index contributed by atoms with van der Waals surface area (Å²) in [6.45, 7) is -0.0538. The lowest BCUT2D eigenvalue weighted by molar-refractivity contribution is -0.119. The maximum Gasteiger partial charge on any atom is 0.252 e. The van der Waals surface area contributed by atoms with E-state index < -0.39 is 10.8 Å². The van der Waals surface area contributed by atoms with Gasteiger partial charge in [-0.3, -0.25) is 14.3 Å². The molecule has 0 saturated carbocycles. The van der Waals surface area contributed by atoms with E-state index in [1.165, 1.54) is 7.11 Å². The first-order valence-corrected chi connectivity index (χ1v) is 8.72. The van der Waals surface area contributed by atoms with Gasteiger partial charge in [0.05, 0.1) is 0 Å². The molecule has 9 heteroatoms. The fraction of sp³-hybridized carbons (Fsp3) is 0.188. The summed E-state index contributed by atoms with van der Waals surface area (Å²) in [7, 11) is 0.406. The number of hydrogen-bond acceptors (Lipinski definition) is 5. The highest BCUT2D eigenvalue weighted by Gasteiger charge is 2.09. The van der Waals surface area contributed by atoms with Crippen LogP contribution in [0.25, 0.3) is 16.8 Å². The topological polar surface area (TPSA) is 117 Å². The molecule has 0 spiro atoms. The second-order valence-corrected chi connectivity index (χ2v) is 6.50. The molecule has 0 saturated heterocycles. The summed E-state index contributed by atoms with van der Waals surface area (Å²) in [6, 6.07) is 11.2. The molecule has 25 heavy (non-hydrogen) atoms. The molecular weight excluding hydrogens is 344 g/mol. The van der Waals surface area contributed by atoms with Crippen LogP contribution in [0.1, 0.15) is 1.43 Å². The summed E-state index contributed by atoms with van der Waals surface area (Å²) >= 11 is 0. The first-order valence-electron chi connectivity index (χ1n) is 7.16. The van der Waals surface area contributed by atoms with Gasteiger partial charge >= 0.3 is 0 Å². The number of methoxy groups -OCH3 is 1. The number of anilines is 1. The number of pyridine rings is 1. The third-order valence-electron chi connectivity index (χ3n) is 3.36. The highest BCUT2D eigenvalue weighted by Crippen LogP contribution is 2.22. The normalized spacial score (nSPS) is 11.8. The van der Waals surface area contributed by atoms with Crippen LogP contribution in [-0.2, 0) is 20.3 Å². The van der Waals surface area contributed by atoms with Gasteiger partial charge in [0.2, 0.25) is 5.95 Å². The van der Waals surface area contributed by atoms with Crippen molar-refractivity contribution in [2.45, 2.75) is 4.90 Å². The zero-order valence-electron chi connectivity index (χ0n) is 13.7. The van der Waals surface area contributed by atoms with Crippen molar-refractivity contribution >= 4 is 28.3 Å². The van der Waals surface area contributed by atoms with Gasteiger partial charge in [-0.1, -0.05) is 12.1 Å². The molecule has 0 aliphatic rings. The Balaban J connectivity index is 0.00000169. The number of carbonyl (C=O) groups excluding carboxylic acids is 1. The quantitative estimate of drug-likeness (QED) is 0.728. The molecule has 134 valence electrons. The van der Waals surface area contributed by atoms with E-state index in [-0.39, 0.29) is 25.4 Å². The van der Waals surface area contributed by atoms with Crippen molar-refractivity contribution in [2.75, 3.05) is 25.3 Å². The Morgan fingerprint density at radius 1 is 1.32 bits per heavy atom. The minimum Gasteiger partial charge on any atom is -0.412 e. The number of carbonyl (C=O) groups is 1. The second kappa shape index (κ2) is 7.97. The lowest BCUT2D eigenvalue weighted by Crippen LogP contribution is -2.17. The molecule has 2 heterocycles. The van der Waals surface area contributed by atoms with E-state index in [0.717, 1.165) is 16.0 Å². The SMILES string of the molecule is COCC(=O)Nc1nc2ccc(-c3cccc(S(C)=O)c3)cn2n1.O.[HH]. The predicted octanol–water partition coefficient (Wildman–Crippen LogP) is 1.14. The average Bonchev–Trinajstić information content (AvgIpc) is 2.96. The molecule has 0 aliphatic heterocycles. The van der Waals surface area contributed by atoms with Crippen LogP contribution in [0.4, 0.5) is 5.95 Å². The van der Waals surface area contributed by atoms with Gasteiger partial charge in [-0.25, -0.2) is 4.52 Å². The first kappa shape index (κ1) is 18.7. The Morgan fingerprint density at radius 2 is 2.12 bits per heavy atom.